The van der Waals surface area contributed by atoms with Crippen LogP contribution in [0.2, 0.25) is 0 Å². The van der Waals surface area contributed by atoms with Gasteiger partial charge in [-0.15, -0.1) is 0 Å². The van der Waals surface area contributed by atoms with E-state index >= 15 is 0 Å². The summed E-state index contributed by atoms with van der Waals surface area (Å²) in [6.45, 7) is 6.28. The standard InChI is InChI=1S/C18H15N.C7H15N/c1-4-10-16(11-5-1)19(17-12-6-2-7-13-17)18-14-8-3-9-15-18;1-6(2)4-5-7(3)8/h1-15H;5-6H,4,8H2,1-3H3. The molecule has 3 aromatic carbocycles. The molecule has 0 bridgehead atoms. The number of anilines is 3. The molecule has 0 spiro atoms. The highest BCUT2D eigenvalue weighted by Crippen LogP contribution is 2.33. The molecule has 0 radical (unpaired) electrons. The smallest absolute Gasteiger partial charge is 0.0461 e. The van der Waals surface area contributed by atoms with Crippen LogP contribution in [0, 0.1) is 5.92 Å². The first-order valence-electron chi connectivity index (χ1n) is 9.45. The number of allylic oxidation sites excluding steroid dienone is 2. The lowest BCUT2D eigenvalue weighted by molar-refractivity contribution is 0.661. The van der Waals surface area contributed by atoms with E-state index < -0.39 is 0 Å². The third kappa shape index (κ3) is 7.02. The van der Waals surface area contributed by atoms with Gasteiger partial charge in [0.1, 0.15) is 0 Å². The average Bonchev–Trinajstić information content (AvgIpc) is 2.70. The van der Waals surface area contributed by atoms with E-state index in [1.165, 1.54) is 17.1 Å². The lowest BCUT2D eigenvalue weighted by Gasteiger charge is -2.25. The maximum absolute atomic E-state index is 5.40. The number of nitrogens with zero attached hydrogens (tertiary/aromatic N) is 1. The third-order valence-electron chi connectivity index (χ3n) is 3.95. The van der Waals surface area contributed by atoms with Crippen molar-refractivity contribution in [2.45, 2.75) is 27.2 Å². The Kier molecular flexibility index (Phi) is 8.18. The minimum absolute atomic E-state index is 0.730. The number of rotatable bonds is 5. The highest BCUT2D eigenvalue weighted by atomic mass is 15.1. The first-order chi connectivity index (χ1) is 13.1. The van der Waals surface area contributed by atoms with Crippen molar-refractivity contribution < 1.29 is 0 Å². The van der Waals surface area contributed by atoms with Gasteiger partial charge >= 0.3 is 0 Å². The highest BCUT2D eigenvalue weighted by Gasteiger charge is 2.10. The molecular formula is C25H30N2. The van der Waals surface area contributed by atoms with Crippen molar-refractivity contribution in [3.8, 4) is 0 Å². The van der Waals surface area contributed by atoms with Gasteiger partial charge in [-0.3, -0.25) is 0 Å². The van der Waals surface area contributed by atoms with Gasteiger partial charge in [-0.1, -0.05) is 74.5 Å². The van der Waals surface area contributed by atoms with Crippen LogP contribution in [-0.2, 0) is 0 Å². The fourth-order valence-corrected chi connectivity index (χ4v) is 2.60. The second-order valence-electron chi connectivity index (χ2n) is 6.92. The predicted molar refractivity (Wildman–Crippen MR) is 119 cm³/mol. The molecule has 3 rings (SSSR count). The van der Waals surface area contributed by atoms with Crippen LogP contribution in [0.4, 0.5) is 17.1 Å². The van der Waals surface area contributed by atoms with Crippen LogP contribution in [0.1, 0.15) is 27.2 Å². The van der Waals surface area contributed by atoms with Crippen LogP contribution in [0.25, 0.3) is 0 Å². The summed E-state index contributed by atoms with van der Waals surface area (Å²) in [6, 6.07) is 31.3. The quantitative estimate of drug-likeness (QED) is 0.529. The fraction of sp³-hybridized carbons (Fsp3) is 0.200. The molecule has 0 atom stereocenters. The van der Waals surface area contributed by atoms with Gasteiger partial charge in [0, 0.05) is 22.8 Å². The molecule has 27 heavy (non-hydrogen) atoms. The number of nitrogens with two attached hydrogens (primary N) is 1. The molecule has 0 aliphatic carbocycles. The van der Waals surface area contributed by atoms with Gasteiger partial charge in [-0.2, -0.15) is 0 Å². The summed E-state index contributed by atoms with van der Waals surface area (Å²) in [5.41, 5.74) is 9.83. The van der Waals surface area contributed by atoms with E-state index in [0.29, 0.717) is 0 Å². The minimum atomic E-state index is 0.730. The van der Waals surface area contributed by atoms with Gasteiger partial charge in [-0.25, -0.2) is 0 Å². The van der Waals surface area contributed by atoms with Gasteiger partial charge in [0.05, 0.1) is 0 Å². The monoisotopic (exact) mass is 358 g/mol. The molecule has 0 saturated heterocycles. The van der Waals surface area contributed by atoms with E-state index in [1.54, 1.807) is 0 Å². The van der Waals surface area contributed by atoms with Gasteiger partial charge in [-0.05, 0) is 55.7 Å². The highest BCUT2D eigenvalue weighted by molar-refractivity contribution is 5.76. The number of para-hydroxylation sites is 3. The van der Waals surface area contributed by atoms with Crippen molar-refractivity contribution in [2.24, 2.45) is 11.7 Å². The average molecular weight is 359 g/mol. The van der Waals surface area contributed by atoms with Crippen molar-refractivity contribution in [3.05, 3.63) is 103 Å². The van der Waals surface area contributed by atoms with Crippen LogP contribution < -0.4 is 10.6 Å². The number of hydrogen-bond donors (Lipinski definition) is 1. The van der Waals surface area contributed by atoms with Crippen molar-refractivity contribution >= 4 is 17.1 Å². The second-order valence-corrected chi connectivity index (χ2v) is 6.92. The molecule has 0 aliphatic heterocycles. The Morgan fingerprint density at radius 2 is 1.07 bits per heavy atom. The Labute approximate surface area is 164 Å². The molecule has 140 valence electrons. The van der Waals surface area contributed by atoms with Crippen LogP contribution in [0.5, 0.6) is 0 Å². The van der Waals surface area contributed by atoms with Crippen LogP contribution in [0.15, 0.2) is 103 Å². The molecule has 0 saturated carbocycles. The summed E-state index contributed by atoms with van der Waals surface area (Å²) in [5.74, 6) is 0.730. The molecule has 0 unspecified atom stereocenters. The molecule has 0 fully saturated rings. The largest absolute Gasteiger partial charge is 0.403 e. The van der Waals surface area contributed by atoms with Gasteiger partial charge in [0.2, 0.25) is 0 Å². The molecule has 2 nitrogen and oxygen atoms in total. The summed E-state index contributed by atoms with van der Waals surface area (Å²) in [5, 5.41) is 0. The van der Waals surface area contributed by atoms with Crippen molar-refractivity contribution in [3.63, 3.8) is 0 Å². The molecule has 0 heterocycles. The van der Waals surface area contributed by atoms with Crippen LogP contribution in [0.3, 0.4) is 0 Å². The lowest BCUT2D eigenvalue weighted by Crippen LogP contribution is -2.09. The molecule has 3 aromatic rings. The van der Waals surface area contributed by atoms with Crippen LogP contribution >= 0.6 is 0 Å². The number of benzene rings is 3. The molecule has 2 N–H and O–H groups in total. The summed E-state index contributed by atoms with van der Waals surface area (Å²) in [7, 11) is 0. The van der Waals surface area contributed by atoms with E-state index in [4.69, 9.17) is 5.73 Å². The minimum Gasteiger partial charge on any atom is -0.403 e. The Morgan fingerprint density at radius 3 is 1.30 bits per heavy atom. The predicted octanol–water partition coefficient (Wildman–Crippen LogP) is 7.05. The van der Waals surface area contributed by atoms with Crippen LogP contribution in [-0.4, -0.2) is 0 Å². The third-order valence-corrected chi connectivity index (χ3v) is 3.95. The van der Waals surface area contributed by atoms with E-state index in [-0.39, 0.29) is 0 Å². The lowest BCUT2D eigenvalue weighted by atomic mass is 10.1. The van der Waals surface area contributed by atoms with Gasteiger partial charge in [0.25, 0.3) is 0 Å². The normalized spacial score (nSPS) is 10.9. The second kappa shape index (κ2) is 10.9. The first-order valence-corrected chi connectivity index (χ1v) is 9.45. The van der Waals surface area contributed by atoms with Crippen molar-refractivity contribution in [2.75, 3.05) is 4.90 Å². The first kappa shape index (κ1) is 20.3. The SMILES string of the molecule is CC(N)=CCC(C)C.c1ccc(N(c2ccccc2)c2ccccc2)cc1. The maximum Gasteiger partial charge on any atom is 0.0461 e. The Balaban J connectivity index is 0.000000279. The summed E-state index contributed by atoms with van der Waals surface area (Å²) in [4.78, 5) is 2.25. The zero-order valence-corrected chi connectivity index (χ0v) is 16.5. The van der Waals surface area contributed by atoms with Gasteiger partial charge in [0.15, 0.2) is 0 Å². The summed E-state index contributed by atoms with van der Waals surface area (Å²) < 4.78 is 0. The fourth-order valence-electron chi connectivity index (χ4n) is 2.60. The van der Waals surface area contributed by atoms with E-state index in [9.17, 15) is 0 Å². The van der Waals surface area contributed by atoms with E-state index in [0.717, 1.165) is 18.0 Å². The van der Waals surface area contributed by atoms with Crippen molar-refractivity contribution in [1.29, 1.82) is 0 Å². The zero-order valence-electron chi connectivity index (χ0n) is 16.5. The molecule has 2 heteroatoms. The topological polar surface area (TPSA) is 29.3 Å². The molecular weight excluding hydrogens is 328 g/mol. The number of hydrogen-bond acceptors (Lipinski definition) is 2. The zero-order chi connectivity index (χ0) is 19.5. The van der Waals surface area contributed by atoms with E-state index in [1.807, 2.05) is 25.1 Å². The Morgan fingerprint density at radius 1 is 0.741 bits per heavy atom. The Bertz CT molecular complexity index is 696. The van der Waals surface area contributed by atoms with Crippen molar-refractivity contribution in [1.82, 2.24) is 0 Å². The molecule has 0 amide bonds. The Hall–Kier alpha value is -3.00. The summed E-state index contributed by atoms with van der Waals surface area (Å²) >= 11 is 0. The molecule has 0 aliphatic rings. The van der Waals surface area contributed by atoms with E-state index in [2.05, 4.69) is 97.6 Å². The summed E-state index contributed by atoms with van der Waals surface area (Å²) in [6.07, 6.45) is 3.16. The van der Waals surface area contributed by atoms with Gasteiger partial charge < -0.3 is 10.6 Å². The maximum atomic E-state index is 5.40. The molecule has 0 aromatic heterocycles.